The van der Waals surface area contributed by atoms with E-state index in [-0.39, 0.29) is 35.7 Å². The lowest BCUT2D eigenvalue weighted by molar-refractivity contribution is -0.150. The van der Waals surface area contributed by atoms with Crippen molar-refractivity contribution in [3.05, 3.63) is 0 Å². The molecule has 0 aromatic heterocycles. The lowest BCUT2D eigenvalue weighted by Crippen LogP contribution is -2.39. The predicted molar refractivity (Wildman–Crippen MR) is 84.9 cm³/mol. The normalized spacial score (nSPS) is 21.5. The third kappa shape index (κ3) is 4.50. The fraction of sp³-hybridized carbons (Fsp3) is 0.778. The maximum absolute atomic E-state index is 12.0. The molecule has 0 aromatic rings. The van der Waals surface area contributed by atoms with Crippen LogP contribution in [0.2, 0.25) is 0 Å². The molecule has 0 aromatic carbocycles. The van der Waals surface area contributed by atoms with Crippen molar-refractivity contribution < 1.29 is 14.3 Å². The zero-order chi connectivity index (χ0) is 16.0. The van der Waals surface area contributed by atoms with E-state index in [4.69, 9.17) is 11.2 Å². The van der Waals surface area contributed by atoms with Crippen LogP contribution < -0.4 is 5.32 Å². The van der Waals surface area contributed by atoms with Gasteiger partial charge in [0.05, 0.1) is 13.0 Å². The van der Waals surface area contributed by atoms with Gasteiger partial charge in [-0.25, -0.2) is 0 Å². The van der Waals surface area contributed by atoms with Gasteiger partial charge in [-0.1, -0.05) is 19.3 Å². The molecule has 2 rings (SSSR count). The number of carbonyl (C=O) groups is 2. The number of nitrogens with one attached hydrogen (secondary N) is 1. The summed E-state index contributed by atoms with van der Waals surface area (Å²) in [4.78, 5) is 23.9. The second-order valence-corrected chi connectivity index (χ2v) is 6.99. The van der Waals surface area contributed by atoms with Crippen molar-refractivity contribution in [2.24, 2.45) is 11.3 Å². The molecule has 22 heavy (non-hydrogen) atoms. The number of esters is 1. The van der Waals surface area contributed by atoms with Crippen LogP contribution in [0, 0.1) is 23.7 Å². The van der Waals surface area contributed by atoms with E-state index >= 15 is 0 Å². The van der Waals surface area contributed by atoms with Crippen molar-refractivity contribution in [2.75, 3.05) is 6.61 Å². The molecule has 0 bridgehead atoms. The summed E-state index contributed by atoms with van der Waals surface area (Å²) in [6.45, 7) is 2.27. The van der Waals surface area contributed by atoms with Crippen molar-refractivity contribution in [1.82, 2.24) is 5.32 Å². The van der Waals surface area contributed by atoms with Crippen molar-refractivity contribution in [2.45, 2.75) is 70.8 Å². The Labute approximate surface area is 133 Å². The van der Waals surface area contributed by atoms with E-state index in [1.165, 1.54) is 0 Å². The molecule has 0 saturated heterocycles. The third-order valence-electron chi connectivity index (χ3n) is 5.02. The molecule has 2 saturated carbocycles. The molecule has 0 radical (unpaired) electrons. The second kappa shape index (κ2) is 7.67. The maximum atomic E-state index is 12.0. The minimum Gasteiger partial charge on any atom is -0.465 e. The molecule has 4 nitrogen and oxygen atoms in total. The zero-order valence-corrected chi connectivity index (χ0v) is 13.5. The van der Waals surface area contributed by atoms with Crippen molar-refractivity contribution in [3.63, 3.8) is 0 Å². The van der Waals surface area contributed by atoms with E-state index in [0.29, 0.717) is 13.0 Å². The maximum Gasteiger partial charge on any atom is 0.307 e. The SMILES string of the molecule is C#CCC1(COC(=O)C[C@H](C)NC(=O)C2CCCC2)CCC1. The average molecular weight is 305 g/mol. The van der Waals surface area contributed by atoms with E-state index in [9.17, 15) is 9.59 Å². The molecule has 1 N–H and O–H groups in total. The van der Waals surface area contributed by atoms with Gasteiger partial charge in [-0.2, -0.15) is 0 Å². The van der Waals surface area contributed by atoms with Crippen molar-refractivity contribution >= 4 is 11.9 Å². The first-order chi connectivity index (χ1) is 10.5. The number of hydrogen-bond acceptors (Lipinski definition) is 3. The van der Waals surface area contributed by atoms with E-state index < -0.39 is 0 Å². The first kappa shape index (κ1) is 16.9. The van der Waals surface area contributed by atoms with Crippen LogP contribution in [-0.4, -0.2) is 24.5 Å². The monoisotopic (exact) mass is 305 g/mol. The molecule has 2 fully saturated rings. The third-order valence-corrected chi connectivity index (χ3v) is 5.02. The molecule has 0 spiro atoms. The van der Waals surface area contributed by atoms with Gasteiger partial charge in [0, 0.05) is 23.8 Å². The summed E-state index contributed by atoms with van der Waals surface area (Å²) in [5.74, 6) is 2.65. The summed E-state index contributed by atoms with van der Waals surface area (Å²) in [6, 6.07) is -0.175. The quantitative estimate of drug-likeness (QED) is 0.581. The van der Waals surface area contributed by atoms with Crippen LogP contribution in [0.3, 0.4) is 0 Å². The van der Waals surface area contributed by atoms with Gasteiger partial charge in [0.1, 0.15) is 0 Å². The van der Waals surface area contributed by atoms with Gasteiger partial charge >= 0.3 is 5.97 Å². The van der Waals surface area contributed by atoms with Crippen LogP contribution >= 0.6 is 0 Å². The lowest BCUT2D eigenvalue weighted by atomic mass is 9.67. The largest absolute Gasteiger partial charge is 0.465 e. The molecule has 0 heterocycles. The molecule has 4 heteroatoms. The Kier molecular flexibility index (Phi) is 5.88. The highest BCUT2D eigenvalue weighted by Gasteiger charge is 2.37. The Bertz CT molecular complexity index is 442. The topological polar surface area (TPSA) is 55.4 Å². The summed E-state index contributed by atoms with van der Waals surface area (Å²) in [5.41, 5.74) is 0.0146. The Hall–Kier alpha value is -1.50. The number of carbonyl (C=O) groups excluding carboxylic acids is 2. The molecule has 1 amide bonds. The summed E-state index contributed by atoms with van der Waals surface area (Å²) in [7, 11) is 0. The average Bonchev–Trinajstić information content (AvgIpc) is 2.95. The lowest BCUT2D eigenvalue weighted by Gasteiger charge is -2.39. The van der Waals surface area contributed by atoms with Gasteiger partial charge in [0.2, 0.25) is 5.91 Å². The fourth-order valence-corrected chi connectivity index (χ4v) is 3.41. The molecular weight excluding hydrogens is 278 g/mol. The van der Waals surface area contributed by atoms with Crippen molar-refractivity contribution in [1.29, 1.82) is 0 Å². The number of amides is 1. The Morgan fingerprint density at radius 1 is 1.32 bits per heavy atom. The number of rotatable bonds is 7. The molecule has 122 valence electrons. The van der Waals surface area contributed by atoms with E-state index in [0.717, 1.165) is 44.9 Å². The van der Waals surface area contributed by atoms with Crippen LogP contribution in [0.1, 0.15) is 64.7 Å². The second-order valence-electron chi connectivity index (χ2n) is 6.99. The standard InChI is InChI=1S/C18H27NO3/c1-3-9-18(10-6-11-18)13-22-16(20)12-14(2)19-17(21)15-7-4-5-8-15/h1,14-15H,4-13H2,2H3,(H,19,21)/t14-/m0/s1. The fourth-order valence-electron chi connectivity index (χ4n) is 3.41. The van der Waals surface area contributed by atoms with Gasteiger partial charge < -0.3 is 10.1 Å². The highest BCUT2D eigenvalue weighted by Crippen LogP contribution is 2.43. The van der Waals surface area contributed by atoms with E-state index in [1.807, 2.05) is 6.92 Å². The van der Waals surface area contributed by atoms with Crippen LogP contribution in [0.25, 0.3) is 0 Å². The number of hydrogen-bond donors (Lipinski definition) is 1. The first-order valence-corrected chi connectivity index (χ1v) is 8.44. The van der Waals surface area contributed by atoms with Crippen LogP contribution in [0.5, 0.6) is 0 Å². The van der Waals surface area contributed by atoms with Gasteiger partial charge in [0.15, 0.2) is 0 Å². The van der Waals surface area contributed by atoms with Gasteiger partial charge in [0.25, 0.3) is 0 Å². The first-order valence-electron chi connectivity index (χ1n) is 8.44. The Morgan fingerprint density at radius 3 is 2.55 bits per heavy atom. The molecule has 2 aliphatic rings. The zero-order valence-electron chi connectivity index (χ0n) is 13.5. The molecule has 2 aliphatic carbocycles. The van der Waals surface area contributed by atoms with Crippen LogP contribution in [0.15, 0.2) is 0 Å². The number of terminal acetylenes is 1. The summed E-state index contributed by atoms with van der Waals surface area (Å²) < 4.78 is 5.39. The Balaban J connectivity index is 1.67. The van der Waals surface area contributed by atoms with Crippen LogP contribution in [0.4, 0.5) is 0 Å². The predicted octanol–water partition coefficient (Wildman–Crippen LogP) is 2.81. The number of ether oxygens (including phenoxy) is 1. The Morgan fingerprint density at radius 2 is 2.00 bits per heavy atom. The van der Waals surface area contributed by atoms with Gasteiger partial charge in [-0.05, 0) is 32.6 Å². The van der Waals surface area contributed by atoms with Gasteiger partial charge in [-0.15, -0.1) is 12.3 Å². The summed E-state index contributed by atoms with van der Waals surface area (Å²) in [5, 5.41) is 2.93. The summed E-state index contributed by atoms with van der Waals surface area (Å²) in [6.07, 6.45) is 13.7. The van der Waals surface area contributed by atoms with E-state index in [2.05, 4.69) is 11.2 Å². The molecule has 0 aliphatic heterocycles. The highest BCUT2D eigenvalue weighted by molar-refractivity contribution is 5.80. The minimum atomic E-state index is -0.248. The molecular formula is C18H27NO3. The van der Waals surface area contributed by atoms with E-state index in [1.54, 1.807) is 0 Å². The van der Waals surface area contributed by atoms with Crippen molar-refractivity contribution in [3.8, 4) is 12.3 Å². The van der Waals surface area contributed by atoms with Crippen LogP contribution in [-0.2, 0) is 14.3 Å². The van der Waals surface area contributed by atoms with Gasteiger partial charge in [-0.3, -0.25) is 9.59 Å². The smallest absolute Gasteiger partial charge is 0.307 e. The summed E-state index contributed by atoms with van der Waals surface area (Å²) >= 11 is 0. The highest BCUT2D eigenvalue weighted by atomic mass is 16.5. The minimum absolute atomic E-state index is 0.0146. The molecule has 1 atom stereocenters. The molecule has 0 unspecified atom stereocenters.